The lowest BCUT2D eigenvalue weighted by Gasteiger charge is -2.24. The highest BCUT2D eigenvalue weighted by atomic mass is 16.4. The van der Waals surface area contributed by atoms with Crippen molar-refractivity contribution in [1.82, 2.24) is 31.2 Å². The number of carboxylic acid groups (broad SMARTS) is 1. The molecule has 4 atom stereocenters. The third-order valence-electron chi connectivity index (χ3n) is 5.92. The fourth-order valence-electron chi connectivity index (χ4n) is 4.01. The number of imidazole rings is 1. The van der Waals surface area contributed by atoms with Gasteiger partial charge in [0.2, 0.25) is 23.6 Å². The van der Waals surface area contributed by atoms with E-state index in [2.05, 4.69) is 31.2 Å². The van der Waals surface area contributed by atoms with E-state index in [0.717, 1.165) is 6.42 Å². The maximum atomic E-state index is 13.2. The molecule has 1 aliphatic heterocycles. The number of nitrogens with zero attached hydrogens (tertiary/aromatic N) is 1. The zero-order valence-corrected chi connectivity index (χ0v) is 20.1. The summed E-state index contributed by atoms with van der Waals surface area (Å²) in [5.74, 6) is -4.16. The summed E-state index contributed by atoms with van der Waals surface area (Å²) in [4.78, 5) is 69.1. The lowest BCUT2D eigenvalue weighted by molar-refractivity contribution is -0.142. The third-order valence-corrected chi connectivity index (χ3v) is 5.92. The second kappa shape index (κ2) is 13.2. The predicted molar refractivity (Wildman–Crippen MR) is 131 cm³/mol. The maximum Gasteiger partial charge on any atom is 0.326 e. The van der Waals surface area contributed by atoms with E-state index in [0.29, 0.717) is 24.2 Å². The predicted octanol–water partition coefficient (Wildman–Crippen LogP) is -1.64. The molecule has 1 aromatic carbocycles. The van der Waals surface area contributed by atoms with Crippen LogP contribution in [-0.4, -0.2) is 75.4 Å². The number of carbonyl (C=O) groups excluding carboxylic acids is 4. The molecule has 2 heterocycles. The molecule has 0 saturated carbocycles. The molecule has 1 aliphatic rings. The second-order valence-corrected chi connectivity index (χ2v) is 8.81. The topological polar surface area (TPSA) is 208 Å². The summed E-state index contributed by atoms with van der Waals surface area (Å²) in [6.45, 7) is 0.685. The summed E-state index contributed by atoms with van der Waals surface area (Å²) in [6, 6.07) is 4.37. The summed E-state index contributed by atoms with van der Waals surface area (Å²) < 4.78 is 0. The van der Waals surface area contributed by atoms with Crippen molar-refractivity contribution < 1.29 is 29.1 Å². The molecule has 0 bridgehead atoms. The summed E-state index contributed by atoms with van der Waals surface area (Å²) >= 11 is 0. The van der Waals surface area contributed by atoms with Crippen LogP contribution in [0, 0.1) is 0 Å². The maximum absolute atomic E-state index is 13.2. The molecule has 0 radical (unpaired) electrons. The minimum atomic E-state index is -1.45. The Morgan fingerprint density at radius 1 is 1.00 bits per heavy atom. The van der Waals surface area contributed by atoms with Gasteiger partial charge in [0.15, 0.2) is 0 Å². The number of carboxylic acids is 1. The lowest BCUT2D eigenvalue weighted by Crippen LogP contribution is -2.58. The molecule has 3 rings (SSSR count). The van der Waals surface area contributed by atoms with Crippen LogP contribution in [0.15, 0.2) is 42.9 Å². The van der Waals surface area contributed by atoms with Gasteiger partial charge in [0.25, 0.3) is 0 Å². The van der Waals surface area contributed by atoms with Crippen LogP contribution in [0.1, 0.15) is 30.5 Å². The quantitative estimate of drug-likeness (QED) is 0.165. The number of carbonyl (C=O) groups is 5. The molecule has 1 fully saturated rings. The first kappa shape index (κ1) is 27.3. The highest BCUT2D eigenvalue weighted by molar-refractivity contribution is 5.96. The average molecular weight is 514 g/mol. The van der Waals surface area contributed by atoms with Crippen molar-refractivity contribution in [2.24, 2.45) is 5.73 Å². The van der Waals surface area contributed by atoms with Crippen LogP contribution < -0.4 is 27.0 Å². The summed E-state index contributed by atoms with van der Waals surface area (Å²) in [7, 11) is 0. The van der Waals surface area contributed by atoms with E-state index in [1.54, 1.807) is 30.3 Å². The van der Waals surface area contributed by atoms with Gasteiger partial charge in [-0.1, -0.05) is 30.3 Å². The van der Waals surface area contributed by atoms with E-state index >= 15 is 0 Å². The molecule has 198 valence electrons. The van der Waals surface area contributed by atoms with Crippen LogP contribution in [0.25, 0.3) is 0 Å². The van der Waals surface area contributed by atoms with E-state index in [-0.39, 0.29) is 18.7 Å². The molecular weight excluding hydrogens is 482 g/mol. The van der Waals surface area contributed by atoms with Gasteiger partial charge in [-0.05, 0) is 24.9 Å². The number of nitrogens with two attached hydrogens (primary N) is 1. The molecule has 1 aromatic heterocycles. The van der Waals surface area contributed by atoms with Crippen molar-refractivity contribution in [2.75, 3.05) is 6.54 Å². The van der Waals surface area contributed by atoms with Gasteiger partial charge in [0.05, 0.1) is 18.8 Å². The first-order chi connectivity index (χ1) is 17.7. The van der Waals surface area contributed by atoms with Gasteiger partial charge < -0.3 is 37.1 Å². The number of aliphatic carboxylic acids is 1. The molecule has 8 N–H and O–H groups in total. The first-order valence-electron chi connectivity index (χ1n) is 11.9. The number of H-pyrrole nitrogens is 1. The zero-order chi connectivity index (χ0) is 26.8. The molecule has 1 saturated heterocycles. The van der Waals surface area contributed by atoms with Gasteiger partial charge in [-0.15, -0.1) is 0 Å². The number of rotatable bonds is 13. The summed E-state index contributed by atoms with van der Waals surface area (Å²) in [6.07, 6.45) is 3.83. The molecule has 4 unspecified atom stereocenters. The number of primary amides is 1. The van der Waals surface area contributed by atoms with Crippen molar-refractivity contribution in [3.63, 3.8) is 0 Å². The average Bonchev–Trinajstić information content (AvgIpc) is 3.57. The number of hydrogen-bond donors (Lipinski definition) is 7. The van der Waals surface area contributed by atoms with Crippen molar-refractivity contribution >= 4 is 29.6 Å². The van der Waals surface area contributed by atoms with E-state index in [9.17, 15) is 29.1 Å². The van der Waals surface area contributed by atoms with Gasteiger partial charge in [-0.25, -0.2) is 9.78 Å². The fourth-order valence-corrected chi connectivity index (χ4v) is 4.01. The Balaban J connectivity index is 1.72. The van der Waals surface area contributed by atoms with E-state index in [4.69, 9.17) is 5.73 Å². The Bertz CT molecular complexity index is 1090. The van der Waals surface area contributed by atoms with Gasteiger partial charge >= 0.3 is 5.97 Å². The standard InChI is InChI=1S/C24H31N7O6/c25-20(32)11-18(23(35)31-19(24(36)37)9-14-5-2-1-3-6-14)30-22(34)17(10-15-12-26-13-28-15)29-21(33)16-7-4-8-27-16/h1-3,5-6,12-13,16-19,27H,4,7-11H2,(H2,25,32)(H,26,28)(H,29,33)(H,30,34)(H,31,35)(H,36,37). The van der Waals surface area contributed by atoms with E-state index < -0.39 is 54.3 Å². The molecule has 4 amide bonds. The molecular formula is C24H31N7O6. The highest BCUT2D eigenvalue weighted by Crippen LogP contribution is 2.08. The molecule has 37 heavy (non-hydrogen) atoms. The molecule has 2 aromatic rings. The lowest BCUT2D eigenvalue weighted by atomic mass is 10.0. The normalized spacial score (nSPS) is 17.2. The van der Waals surface area contributed by atoms with Crippen molar-refractivity contribution in [3.05, 3.63) is 54.1 Å². The van der Waals surface area contributed by atoms with Crippen molar-refractivity contribution in [2.45, 2.75) is 56.3 Å². The molecule has 0 aliphatic carbocycles. The Morgan fingerprint density at radius 3 is 2.30 bits per heavy atom. The second-order valence-electron chi connectivity index (χ2n) is 8.81. The summed E-state index contributed by atoms with van der Waals surface area (Å²) in [5.41, 5.74) is 6.53. The van der Waals surface area contributed by atoms with Crippen LogP contribution in [0.2, 0.25) is 0 Å². The van der Waals surface area contributed by atoms with Crippen molar-refractivity contribution in [3.8, 4) is 0 Å². The van der Waals surface area contributed by atoms with E-state index in [1.165, 1.54) is 12.5 Å². The minimum Gasteiger partial charge on any atom is -0.480 e. The SMILES string of the molecule is NC(=O)CC(NC(=O)C(Cc1cnc[nH]1)NC(=O)C1CCCN1)C(=O)NC(Cc1ccccc1)C(=O)O. The van der Waals surface area contributed by atoms with Crippen LogP contribution in [0.5, 0.6) is 0 Å². The first-order valence-corrected chi connectivity index (χ1v) is 11.9. The fraction of sp³-hybridized carbons (Fsp3) is 0.417. The Morgan fingerprint density at radius 2 is 1.70 bits per heavy atom. The third kappa shape index (κ3) is 8.42. The number of aromatic nitrogens is 2. The molecule has 13 nitrogen and oxygen atoms in total. The Hall–Kier alpha value is -4.26. The van der Waals surface area contributed by atoms with Gasteiger partial charge in [-0.3, -0.25) is 19.2 Å². The molecule has 0 spiro atoms. The highest BCUT2D eigenvalue weighted by Gasteiger charge is 2.32. The number of nitrogens with one attached hydrogen (secondary N) is 5. The van der Waals surface area contributed by atoms with Crippen LogP contribution in [0.3, 0.4) is 0 Å². The minimum absolute atomic E-state index is 0.00789. The van der Waals surface area contributed by atoms with E-state index in [1.807, 2.05) is 0 Å². The number of hydrogen-bond acceptors (Lipinski definition) is 7. The van der Waals surface area contributed by atoms with Gasteiger partial charge in [-0.2, -0.15) is 0 Å². The van der Waals surface area contributed by atoms with Gasteiger partial charge in [0.1, 0.15) is 18.1 Å². The van der Waals surface area contributed by atoms with Crippen LogP contribution in [-0.2, 0) is 36.8 Å². The van der Waals surface area contributed by atoms with Crippen molar-refractivity contribution in [1.29, 1.82) is 0 Å². The van der Waals surface area contributed by atoms with Crippen LogP contribution in [0.4, 0.5) is 0 Å². The summed E-state index contributed by atoms with van der Waals surface area (Å²) in [5, 5.41) is 20.2. The number of amides is 4. The zero-order valence-electron chi connectivity index (χ0n) is 20.1. The largest absolute Gasteiger partial charge is 0.480 e. The monoisotopic (exact) mass is 513 g/mol. The molecule has 13 heteroatoms. The van der Waals surface area contributed by atoms with Gasteiger partial charge in [0, 0.05) is 24.7 Å². The Kier molecular flexibility index (Phi) is 9.72. The Labute approximate surface area is 213 Å². The smallest absolute Gasteiger partial charge is 0.326 e. The van der Waals surface area contributed by atoms with Crippen LogP contribution >= 0.6 is 0 Å². The number of aromatic amines is 1. The number of benzene rings is 1.